The molecule has 1 heterocycles. The van der Waals surface area contributed by atoms with Gasteiger partial charge in [-0.2, -0.15) is 0 Å². The molecule has 106 valence electrons. The first-order valence-corrected chi connectivity index (χ1v) is 7.54. The molecule has 1 fully saturated rings. The molecule has 0 saturated heterocycles. The Kier molecular flexibility index (Phi) is 4.11. The zero-order valence-electron chi connectivity index (χ0n) is 11.8. The molecule has 4 nitrogen and oxygen atoms in total. The van der Waals surface area contributed by atoms with E-state index < -0.39 is 0 Å². The second-order valence-electron chi connectivity index (χ2n) is 5.59. The Morgan fingerprint density at radius 3 is 2.60 bits per heavy atom. The van der Waals surface area contributed by atoms with Gasteiger partial charge < -0.3 is 10.3 Å². The lowest BCUT2D eigenvalue weighted by Gasteiger charge is -2.26. The van der Waals surface area contributed by atoms with Gasteiger partial charge in [-0.3, -0.25) is 0 Å². The Morgan fingerprint density at radius 2 is 1.90 bits per heavy atom. The van der Waals surface area contributed by atoms with Crippen LogP contribution in [-0.4, -0.2) is 21.3 Å². The molecule has 0 bridgehead atoms. The third-order valence-electron chi connectivity index (χ3n) is 4.32. The van der Waals surface area contributed by atoms with Crippen molar-refractivity contribution in [1.82, 2.24) is 14.8 Å². The Bertz CT molecular complexity index is 528. The summed E-state index contributed by atoms with van der Waals surface area (Å²) in [6, 6.07) is 10.9. The van der Waals surface area contributed by atoms with Gasteiger partial charge in [0.1, 0.15) is 12.2 Å². The average molecular weight is 270 g/mol. The zero-order chi connectivity index (χ0) is 13.8. The van der Waals surface area contributed by atoms with E-state index in [0.29, 0.717) is 12.6 Å². The molecule has 1 unspecified atom stereocenters. The molecule has 2 N–H and O–H groups in total. The minimum Gasteiger partial charge on any atom is -0.329 e. The molecule has 2 aromatic rings. The quantitative estimate of drug-likeness (QED) is 0.929. The molecule has 0 spiro atoms. The van der Waals surface area contributed by atoms with Crippen LogP contribution in [0.4, 0.5) is 0 Å². The van der Waals surface area contributed by atoms with Gasteiger partial charge >= 0.3 is 0 Å². The summed E-state index contributed by atoms with van der Waals surface area (Å²) >= 11 is 0. The Labute approximate surface area is 120 Å². The molecule has 1 atom stereocenters. The molecular formula is C16H22N4. The van der Waals surface area contributed by atoms with Crippen molar-refractivity contribution >= 4 is 0 Å². The molecule has 4 heteroatoms. The van der Waals surface area contributed by atoms with Crippen molar-refractivity contribution in [3.8, 4) is 0 Å². The fraction of sp³-hybridized carbons (Fsp3) is 0.500. The summed E-state index contributed by atoms with van der Waals surface area (Å²) in [5.74, 6) is 1.16. The third-order valence-corrected chi connectivity index (χ3v) is 4.32. The molecule has 0 radical (unpaired) electrons. The minimum absolute atomic E-state index is 0.139. The van der Waals surface area contributed by atoms with E-state index in [2.05, 4.69) is 39.0 Å². The Balaban J connectivity index is 1.91. The van der Waals surface area contributed by atoms with Crippen LogP contribution in [0.15, 0.2) is 36.7 Å². The predicted octanol–water partition coefficient (Wildman–Crippen LogP) is 2.87. The van der Waals surface area contributed by atoms with E-state index in [1.165, 1.54) is 37.7 Å². The summed E-state index contributed by atoms with van der Waals surface area (Å²) in [5.41, 5.74) is 7.24. The maximum Gasteiger partial charge on any atom is 0.141 e. The highest BCUT2D eigenvalue weighted by molar-refractivity contribution is 5.26. The maximum absolute atomic E-state index is 6.01. The standard InChI is InChI=1S/C16H22N4/c17-11-15(13-7-3-1-4-8-13)16-19-18-12-20(16)14-9-5-2-6-10-14/h1,3-4,7-8,12,14-15H,2,5-6,9-11,17H2. The summed E-state index contributed by atoms with van der Waals surface area (Å²) in [5, 5.41) is 8.52. The van der Waals surface area contributed by atoms with Crippen LogP contribution in [-0.2, 0) is 0 Å². The maximum atomic E-state index is 6.01. The van der Waals surface area contributed by atoms with Crippen molar-refractivity contribution in [3.05, 3.63) is 48.0 Å². The summed E-state index contributed by atoms with van der Waals surface area (Å²) in [4.78, 5) is 0. The predicted molar refractivity (Wildman–Crippen MR) is 79.5 cm³/mol. The van der Waals surface area contributed by atoms with Gasteiger partial charge in [0.05, 0.1) is 5.92 Å². The highest BCUT2D eigenvalue weighted by Gasteiger charge is 2.23. The van der Waals surface area contributed by atoms with Crippen LogP contribution in [0.2, 0.25) is 0 Å². The summed E-state index contributed by atoms with van der Waals surface area (Å²) in [7, 11) is 0. The number of hydrogen-bond acceptors (Lipinski definition) is 3. The first kappa shape index (κ1) is 13.3. The zero-order valence-corrected chi connectivity index (χ0v) is 11.8. The minimum atomic E-state index is 0.139. The lowest BCUT2D eigenvalue weighted by Crippen LogP contribution is -2.22. The van der Waals surface area contributed by atoms with Gasteiger partial charge in [-0.1, -0.05) is 49.6 Å². The molecule has 1 aliphatic rings. The molecular weight excluding hydrogens is 248 g/mol. The first-order valence-electron chi connectivity index (χ1n) is 7.54. The fourth-order valence-corrected chi connectivity index (χ4v) is 3.22. The normalized spacial score (nSPS) is 18.1. The van der Waals surface area contributed by atoms with Crippen LogP contribution >= 0.6 is 0 Å². The van der Waals surface area contributed by atoms with Crippen molar-refractivity contribution < 1.29 is 0 Å². The molecule has 0 amide bonds. The van der Waals surface area contributed by atoms with E-state index in [9.17, 15) is 0 Å². The van der Waals surface area contributed by atoms with Crippen molar-refractivity contribution in [2.45, 2.75) is 44.1 Å². The number of benzene rings is 1. The molecule has 1 aromatic carbocycles. The highest BCUT2D eigenvalue weighted by atomic mass is 15.3. The van der Waals surface area contributed by atoms with Gasteiger partial charge in [-0.15, -0.1) is 10.2 Å². The summed E-state index contributed by atoms with van der Waals surface area (Å²) < 4.78 is 2.27. The van der Waals surface area contributed by atoms with E-state index >= 15 is 0 Å². The van der Waals surface area contributed by atoms with Crippen LogP contribution in [0.5, 0.6) is 0 Å². The highest BCUT2D eigenvalue weighted by Crippen LogP contribution is 2.31. The van der Waals surface area contributed by atoms with E-state index in [1.807, 2.05) is 12.4 Å². The van der Waals surface area contributed by atoms with E-state index in [1.54, 1.807) is 0 Å². The number of hydrogen-bond donors (Lipinski definition) is 1. The molecule has 1 aliphatic carbocycles. The Morgan fingerprint density at radius 1 is 1.15 bits per heavy atom. The topological polar surface area (TPSA) is 56.7 Å². The molecule has 3 rings (SSSR count). The SMILES string of the molecule is NCC(c1ccccc1)c1nncn1C1CCCCC1. The third kappa shape index (κ3) is 2.61. The lowest BCUT2D eigenvalue weighted by atomic mass is 9.93. The molecule has 20 heavy (non-hydrogen) atoms. The van der Waals surface area contributed by atoms with Crippen LogP contribution < -0.4 is 5.73 Å². The second kappa shape index (κ2) is 6.18. The fourth-order valence-electron chi connectivity index (χ4n) is 3.22. The van der Waals surface area contributed by atoms with Gasteiger partial charge in [0.15, 0.2) is 0 Å². The van der Waals surface area contributed by atoms with Crippen LogP contribution in [0.25, 0.3) is 0 Å². The van der Waals surface area contributed by atoms with Crippen LogP contribution in [0, 0.1) is 0 Å². The number of nitrogens with two attached hydrogens (primary N) is 1. The largest absolute Gasteiger partial charge is 0.329 e. The van der Waals surface area contributed by atoms with Gasteiger partial charge in [0, 0.05) is 12.6 Å². The smallest absolute Gasteiger partial charge is 0.141 e. The van der Waals surface area contributed by atoms with E-state index in [-0.39, 0.29) is 5.92 Å². The van der Waals surface area contributed by atoms with Gasteiger partial charge in [0.2, 0.25) is 0 Å². The van der Waals surface area contributed by atoms with Gasteiger partial charge in [-0.25, -0.2) is 0 Å². The van der Waals surface area contributed by atoms with Crippen molar-refractivity contribution in [3.63, 3.8) is 0 Å². The molecule has 1 aromatic heterocycles. The first-order chi connectivity index (χ1) is 9.90. The van der Waals surface area contributed by atoms with E-state index in [4.69, 9.17) is 5.73 Å². The lowest BCUT2D eigenvalue weighted by molar-refractivity contribution is 0.342. The van der Waals surface area contributed by atoms with Crippen LogP contribution in [0.3, 0.4) is 0 Å². The second-order valence-corrected chi connectivity index (χ2v) is 5.59. The Hall–Kier alpha value is -1.68. The monoisotopic (exact) mass is 270 g/mol. The average Bonchev–Trinajstić information content (AvgIpc) is 2.99. The van der Waals surface area contributed by atoms with Crippen molar-refractivity contribution in [1.29, 1.82) is 0 Å². The number of rotatable bonds is 4. The summed E-state index contributed by atoms with van der Waals surface area (Å²) in [6.07, 6.45) is 8.32. The molecule has 0 aliphatic heterocycles. The number of nitrogens with zero attached hydrogens (tertiary/aromatic N) is 3. The molecule has 1 saturated carbocycles. The summed E-state index contributed by atoms with van der Waals surface area (Å²) in [6.45, 7) is 0.565. The van der Waals surface area contributed by atoms with Crippen molar-refractivity contribution in [2.24, 2.45) is 5.73 Å². The number of aromatic nitrogens is 3. The van der Waals surface area contributed by atoms with Gasteiger partial charge in [0.25, 0.3) is 0 Å². The van der Waals surface area contributed by atoms with E-state index in [0.717, 1.165) is 5.82 Å². The van der Waals surface area contributed by atoms with Gasteiger partial charge in [-0.05, 0) is 18.4 Å². The van der Waals surface area contributed by atoms with Crippen LogP contribution in [0.1, 0.15) is 55.5 Å². The van der Waals surface area contributed by atoms with Crippen molar-refractivity contribution in [2.75, 3.05) is 6.54 Å².